The lowest BCUT2D eigenvalue weighted by Gasteiger charge is -2.17. The van der Waals surface area contributed by atoms with Crippen LogP contribution in [0, 0.1) is 0 Å². The van der Waals surface area contributed by atoms with E-state index >= 15 is 0 Å². The van der Waals surface area contributed by atoms with Gasteiger partial charge in [-0.25, -0.2) is 0 Å². The van der Waals surface area contributed by atoms with Crippen molar-refractivity contribution in [3.63, 3.8) is 0 Å². The van der Waals surface area contributed by atoms with Gasteiger partial charge in [-0.2, -0.15) is 0 Å². The van der Waals surface area contributed by atoms with Gasteiger partial charge in [-0.15, -0.1) is 0 Å². The number of benzene rings is 2. The number of pyridine rings is 1. The largest absolute Gasteiger partial charge is 0.328 e. The predicted molar refractivity (Wildman–Crippen MR) is 84.7 cm³/mol. The van der Waals surface area contributed by atoms with Crippen molar-refractivity contribution in [2.45, 2.75) is 4.90 Å². The molecule has 0 spiro atoms. The quantitative estimate of drug-likeness (QED) is 0.725. The van der Waals surface area contributed by atoms with E-state index in [1.807, 2.05) is 30.3 Å². The van der Waals surface area contributed by atoms with Gasteiger partial charge in [0.2, 0.25) is 0 Å². The minimum Gasteiger partial charge on any atom is -0.328 e. The van der Waals surface area contributed by atoms with E-state index in [-0.39, 0.29) is 5.56 Å². The van der Waals surface area contributed by atoms with E-state index in [1.54, 1.807) is 18.0 Å². The molecule has 0 radical (unpaired) electrons. The number of aromatic amines is 1. The van der Waals surface area contributed by atoms with E-state index in [2.05, 4.69) is 29.3 Å². The minimum atomic E-state index is -0.0252. The van der Waals surface area contributed by atoms with Crippen molar-refractivity contribution in [2.24, 2.45) is 0 Å². The first kappa shape index (κ1) is 11.6. The average Bonchev–Trinajstić information content (AvgIpc) is 2.51. The molecule has 2 nitrogen and oxygen atoms in total. The van der Waals surface area contributed by atoms with Gasteiger partial charge in [-0.05, 0) is 23.8 Å². The second-order valence-corrected chi connectivity index (χ2v) is 5.81. The Morgan fingerprint density at radius 2 is 1.80 bits per heavy atom. The van der Waals surface area contributed by atoms with Crippen LogP contribution in [0.15, 0.2) is 64.4 Å². The Kier molecular flexibility index (Phi) is 2.54. The highest BCUT2D eigenvalue weighted by atomic mass is 32.2. The Morgan fingerprint density at radius 1 is 0.950 bits per heavy atom. The summed E-state index contributed by atoms with van der Waals surface area (Å²) in [6.45, 7) is 0. The Bertz CT molecular complexity index is 894. The first-order valence-electron chi connectivity index (χ1n) is 6.42. The summed E-state index contributed by atoms with van der Waals surface area (Å²) >= 11 is 1.72. The molecule has 0 aliphatic carbocycles. The SMILES string of the molecule is O=c1[nH]cc2c3c(cccc13)SC(c1ccccc1)=C2. The van der Waals surface area contributed by atoms with Gasteiger partial charge in [0.05, 0.1) is 0 Å². The fourth-order valence-electron chi connectivity index (χ4n) is 2.54. The predicted octanol–water partition coefficient (Wildman–Crippen LogP) is 4.13. The first-order valence-corrected chi connectivity index (χ1v) is 7.24. The molecule has 0 unspecified atom stereocenters. The molecule has 0 saturated carbocycles. The van der Waals surface area contributed by atoms with Crippen LogP contribution in [0.3, 0.4) is 0 Å². The molecule has 0 fully saturated rings. The Balaban J connectivity index is 2.00. The van der Waals surface area contributed by atoms with Crippen molar-refractivity contribution in [2.75, 3.05) is 0 Å². The summed E-state index contributed by atoms with van der Waals surface area (Å²) in [5.74, 6) is 0. The zero-order valence-electron chi connectivity index (χ0n) is 10.6. The van der Waals surface area contributed by atoms with Gasteiger partial charge in [-0.1, -0.05) is 48.2 Å². The number of nitrogens with one attached hydrogen (secondary N) is 1. The zero-order valence-corrected chi connectivity index (χ0v) is 11.4. The van der Waals surface area contributed by atoms with Crippen LogP contribution in [0.5, 0.6) is 0 Å². The van der Waals surface area contributed by atoms with Crippen molar-refractivity contribution < 1.29 is 0 Å². The van der Waals surface area contributed by atoms with E-state index in [4.69, 9.17) is 0 Å². The molecule has 4 rings (SSSR count). The standard InChI is InChI=1S/C17H11NOS/c19-17-13-7-4-8-14-16(13)12(10-18-17)9-15(20-14)11-5-2-1-3-6-11/h1-10H,(H,18,19). The molecule has 20 heavy (non-hydrogen) atoms. The van der Waals surface area contributed by atoms with Gasteiger partial charge >= 0.3 is 0 Å². The number of rotatable bonds is 1. The molecule has 3 aromatic rings. The molecular weight excluding hydrogens is 266 g/mol. The summed E-state index contributed by atoms with van der Waals surface area (Å²) in [5, 5.41) is 1.82. The lowest BCUT2D eigenvalue weighted by atomic mass is 10.1. The summed E-state index contributed by atoms with van der Waals surface area (Å²) < 4.78 is 0. The smallest absolute Gasteiger partial charge is 0.255 e. The van der Waals surface area contributed by atoms with E-state index in [0.29, 0.717) is 0 Å². The van der Waals surface area contributed by atoms with Crippen LogP contribution >= 0.6 is 11.8 Å². The van der Waals surface area contributed by atoms with Gasteiger partial charge in [-0.3, -0.25) is 4.79 Å². The molecule has 0 bridgehead atoms. The molecule has 1 aromatic heterocycles. The molecule has 0 saturated heterocycles. The lowest BCUT2D eigenvalue weighted by Crippen LogP contribution is -2.07. The third-order valence-corrected chi connectivity index (χ3v) is 4.62. The van der Waals surface area contributed by atoms with Crippen LogP contribution in [0.4, 0.5) is 0 Å². The minimum absolute atomic E-state index is 0.0252. The molecule has 96 valence electrons. The Morgan fingerprint density at radius 3 is 2.65 bits per heavy atom. The van der Waals surface area contributed by atoms with Gasteiger partial charge < -0.3 is 4.98 Å². The highest BCUT2D eigenvalue weighted by Crippen LogP contribution is 2.43. The molecule has 1 N–H and O–H groups in total. The van der Waals surface area contributed by atoms with Crippen LogP contribution in [0.25, 0.3) is 21.8 Å². The Labute approximate surface area is 120 Å². The van der Waals surface area contributed by atoms with Crippen molar-refractivity contribution in [1.29, 1.82) is 0 Å². The summed E-state index contributed by atoms with van der Waals surface area (Å²) in [5.41, 5.74) is 2.25. The molecule has 1 aliphatic rings. The monoisotopic (exact) mass is 277 g/mol. The van der Waals surface area contributed by atoms with Crippen LogP contribution in [-0.2, 0) is 0 Å². The second kappa shape index (κ2) is 4.39. The van der Waals surface area contributed by atoms with E-state index in [0.717, 1.165) is 21.2 Å². The fourth-order valence-corrected chi connectivity index (χ4v) is 3.70. The highest BCUT2D eigenvalue weighted by molar-refractivity contribution is 8.08. The fraction of sp³-hybridized carbons (Fsp3) is 0. The first-order chi connectivity index (χ1) is 9.83. The summed E-state index contributed by atoms with van der Waals surface area (Å²) in [7, 11) is 0. The third kappa shape index (κ3) is 1.71. The molecule has 1 aliphatic heterocycles. The molecule has 3 heteroatoms. The van der Waals surface area contributed by atoms with Crippen LogP contribution < -0.4 is 5.56 Å². The molecule has 2 heterocycles. The maximum atomic E-state index is 11.9. The van der Waals surface area contributed by atoms with Crippen LogP contribution in [0.2, 0.25) is 0 Å². The number of hydrogen-bond acceptors (Lipinski definition) is 2. The molecular formula is C17H11NOS. The van der Waals surface area contributed by atoms with Gasteiger partial charge in [0.15, 0.2) is 0 Å². The van der Waals surface area contributed by atoms with Gasteiger partial charge in [0.25, 0.3) is 5.56 Å². The topological polar surface area (TPSA) is 32.9 Å². The molecule has 0 amide bonds. The molecule has 0 atom stereocenters. The molecule has 2 aromatic carbocycles. The maximum Gasteiger partial charge on any atom is 0.255 e. The normalized spacial score (nSPS) is 13.3. The average molecular weight is 277 g/mol. The number of H-pyrrole nitrogens is 1. The van der Waals surface area contributed by atoms with Crippen LogP contribution in [-0.4, -0.2) is 4.98 Å². The van der Waals surface area contributed by atoms with E-state index < -0.39 is 0 Å². The van der Waals surface area contributed by atoms with E-state index in [9.17, 15) is 4.79 Å². The zero-order chi connectivity index (χ0) is 13.5. The lowest BCUT2D eigenvalue weighted by molar-refractivity contribution is 1.26. The van der Waals surface area contributed by atoms with E-state index in [1.165, 1.54) is 10.5 Å². The summed E-state index contributed by atoms with van der Waals surface area (Å²) in [6, 6.07) is 16.2. The highest BCUT2D eigenvalue weighted by Gasteiger charge is 2.16. The van der Waals surface area contributed by atoms with Crippen LogP contribution in [0.1, 0.15) is 11.1 Å². The second-order valence-electron chi connectivity index (χ2n) is 4.73. The number of hydrogen-bond donors (Lipinski definition) is 1. The van der Waals surface area contributed by atoms with Gasteiger partial charge in [0.1, 0.15) is 0 Å². The number of aromatic nitrogens is 1. The number of thioether (sulfide) groups is 1. The van der Waals surface area contributed by atoms with Crippen molar-refractivity contribution in [3.8, 4) is 0 Å². The van der Waals surface area contributed by atoms with Crippen molar-refractivity contribution in [1.82, 2.24) is 4.98 Å². The van der Waals surface area contributed by atoms with Gasteiger partial charge in [0, 0.05) is 32.3 Å². The maximum absolute atomic E-state index is 11.9. The summed E-state index contributed by atoms with van der Waals surface area (Å²) in [6.07, 6.45) is 3.95. The Hall–Kier alpha value is -2.26. The van der Waals surface area contributed by atoms with Crippen molar-refractivity contribution in [3.05, 3.63) is 76.2 Å². The summed E-state index contributed by atoms with van der Waals surface area (Å²) in [4.78, 5) is 17.1. The third-order valence-electron chi connectivity index (χ3n) is 3.48. The van der Waals surface area contributed by atoms with Crippen molar-refractivity contribution >= 4 is 33.5 Å².